The van der Waals surface area contributed by atoms with Gasteiger partial charge in [0.1, 0.15) is 5.82 Å². The van der Waals surface area contributed by atoms with E-state index in [9.17, 15) is 4.39 Å². The molecule has 0 saturated carbocycles. The van der Waals surface area contributed by atoms with Crippen molar-refractivity contribution in [2.45, 2.75) is 13.0 Å². The van der Waals surface area contributed by atoms with Crippen molar-refractivity contribution in [3.8, 4) is 0 Å². The third-order valence-corrected chi connectivity index (χ3v) is 3.04. The lowest BCUT2D eigenvalue weighted by Gasteiger charge is -2.12. The molecule has 6 heteroatoms. The van der Waals surface area contributed by atoms with E-state index in [0.717, 1.165) is 31.0 Å². The third kappa shape index (κ3) is 5.25. The minimum Gasteiger partial charge on any atom is -0.356 e. The predicted molar refractivity (Wildman–Crippen MR) is 81.7 cm³/mol. The van der Waals surface area contributed by atoms with E-state index >= 15 is 0 Å². The molecule has 0 bridgehead atoms. The first-order chi connectivity index (χ1) is 10.3. The van der Waals surface area contributed by atoms with Crippen LogP contribution in [-0.2, 0) is 13.0 Å². The molecule has 0 fully saturated rings. The minimum atomic E-state index is -0.199. The van der Waals surface area contributed by atoms with Crippen molar-refractivity contribution in [3.63, 3.8) is 0 Å². The topological polar surface area (TPSA) is 54.2 Å². The van der Waals surface area contributed by atoms with Gasteiger partial charge in [-0.2, -0.15) is 0 Å². The van der Waals surface area contributed by atoms with E-state index in [1.807, 2.05) is 16.8 Å². The van der Waals surface area contributed by atoms with Crippen molar-refractivity contribution in [2.75, 3.05) is 20.1 Å². The zero-order valence-corrected chi connectivity index (χ0v) is 12.1. The summed E-state index contributed by atoms with van der Waals surface area (Å²) in [5.74, 6) is 0.543. The predicted octanol–water partition coefficient (Wildman–Crippen LogP) is 1.43. The quantitative estimate of drug-likeness (QED) is 0.625. The van der Waals surface area contributed by atoms with Gasteiger partial charge in [-0.05, 0) is 24.1 Å². The molecule has 1 aromatic heterocycles. The van der Waals surface area contributed by atoms with Crippen LogP contribution in [0.2, 0.25) is 0 Å². The normalized spacial score (nSPS) is 11.4. The highest BCUT2D eigenvalue weighted by molar-refractivity contribution is 5.79. The van der Waals surface area contributed by atoms with Gasteiger partial charge in [-0.15, -0.1) is 0 Å². The van der Waals surface area contributed by atoms with Crippen LogP contribution in [0.3, 0.4) is 0 Å². The molecule has 0 radical (unpaired) electrons. The summed E-state index contributed by atoms with van der Waals surface area (Å²) in [4.78, 5) is 8.14. The number of guanidine groups is 1. The zero-order chi connectivity index (χ0) is 14.9. The van der Waals surface area contributed by atoms with Crippen molar-refractivity contribution in [3.05, 3.63) is 54.4 Å². The van der Waals surface area contributed by atoms with E-state index in [4.69, 9.17) is 0 Å². The van der Waals surface area contributed by atoms with Crippen LogP contribution in [0.1, 0.15) is 5.56 Å². The molecule has 0 aliphatic heterocycles. The number of hydrogen-bond donors (Lipinski definition) is 2. The average molecular weight is 289 g/mol. The molecule has 0 unspecified atom stereocenters. The lowest BCUT2D eigenvalue weighted by atomic mass is 10.1. The van der Waals surface area contributed by atoms with Crippen LogP contribution in [0.15, 0.2) is 48.0 Å². The summed E-state index contributed by atoms with van der Waals surface area (Å²) >= 11 is 0. The van der Waals surface area contributed by atoms with Gasteiger partial charge in [-0.1, -0.05) is 12.1 Å². The Kier molecular flexibility index (Phi) is 5.75. The van der Waals surface area contributed by atoms with Crippen LogP contribution >= 0.6 is 0 Å². The lowest BCUT2D eigenvalue weighted by Crippen LogP contribution is -2.39. The second-order valence-electron chi connectivity index (χ2n) is 4.61. The van der Waals surface area contributed by atoms with E-state index in [-0.39, 0.29) is 5.82 Å². The molecule has 0 aliphatic rings. The van der Waals surface area contributed by atoms with E-state index in [0.29, 0.717) is 6.54 Å². The summed E-state index contributed by atoms with van der Waals surface area (Å²) in [6.07, 6.45) is 6.20. The highest BCUT2D eigenvalue weighted by atomic mass is 19.1. The Bertz CT molecular complexity index is 565. The lowest BCUT2D eigenvalue weighted by molar-refractivity contribution is 0.624. The van der Waals surface area contributed by atoms with Crippen LogP contribution in [-0.4, -0.2) is 35.6 Å². The number of imidazole rings is 1. The molecular weight excluding hydrogens is 269 g/mol. The van der Waals surface area contributed by atoms with Gasteiger partial charge in [-0.3, -0.25) is 4.99 Å². The number of hydrogen-bond acceptors (Lipinski definition) is 2. The molecule has 0 amide bonds. The van der Waals surface area contributed by atoms with Gasteiger partial charge in [0, 0.05) is 39.1 Å². The van der Waals surface area contributed by atoms with Gasteiger partial charge in [0.2, 0.25) is 0 Å². The minimum absolute atomic E-state index is 0.199. The van der Waals surface area contributed by atoms with E-state index < -0.39 is 0 Å². The second-order valence-corrected chi connectivity index (χ2v) is 4.61. The Morgan fingerprint density at radius 3 is 2.90 bits per heavy atom. The largest absolute Gasteiger partial charge is 0.356 e. The summed E-state index contributed by atoms with van der Waals surface area (Å²) in [5.41, 5.74) is 0.969. The molecule has 0 atom stereocenters. The number of rotatable bonds is 6. The van der Waals surface area contributed by atoms with Crippen molar-refractivity contribution < 1.29 is 4.39 Å². The summed E-state index contributed by atoms with van der Waals surface area (Å²) in [7, 11) is 1.73. The third-order valence-electron chi connectivity index (χ3n) is 3.04. The van der Waals surface area contributed by atoms with E-state index in [1.165, 1.54) is 6.07 Å². The van der Waals surface area contributed by atoms with Crippen molar-refractivity contribution in [2.24, 2.45) is 4.99 Å². The molecule has 2 N–H and O–H groups in total. The van der Waals surface area contributed by atoms with Crippen LogP contribution in [0.4, 0.5) is 4.39 Å². The van der Waals surface area contributed by atoms with Crippen LogP contribution in [0, 0.1) is 5.82 Å². The van der Waals surface area contributed by atoms with Crippen LogP contribution in [0.25, 0.3) is 0 Å². The number of nitrogens with zero attached hydrogens (tertiary/aromatic N) is 3. The van der Waals surface area contributed by atoms with Crippen molar-refractivity contribution >= 4 is 5.96 Å². The zero-order valence-electron chi connectivity index (χ0n) is 12.1. The van der Waals surface area contributed by atoms with E-state index in [1.54, 1.807) is 31.7 Å². The first kappa shape index (κ1) is 15.0. The first-order valence-electron chi connectivity index (χ1n) is 6.92. The SMILES string of the molecule is CN=C(NCCc1cccc(F)c1)NCCn1ccnc1. The molecule has 2 rings (SSSR count). The monoisotopic (exact) mass is 289 g/mol. The number of halogens is 1. The molecule has 0 aliphatic carbocycles. The molecule has 0 saturated heterocycles. The summed E-state index contributed by atoms with van der Waals surface area (Å²) in [5, 5.41) is 6.43. The van der Waals surface area contributed by atoms with E-state index in [2.05, 4.69) is 20.6 Å². The summed E-state index contributed by atoms with van der Waals surface area (Å²) in [6.45, 7) is 2.29. The van der Waals surface area contributed by atoms with Gasteiger partial charge >= 0.3 is 0 Å². The molecule has 112 valence electrons. The molecule has 21 heavy (non-hydrogen) atoms. The fourth-order valence-corrected chi connectivity index (χ4v) is 1.96. The molecular formula is C15H20FN5. The maximum atomic E-state index is 13.1. The maximum absolute atomic E-state index is 13.1. The Balaban J connectivity index is 1.68. The molecule has 1 aromatic carbocycles. The molecule has 5 nitrogen and oxygen atoms in total. The fourth-order valence-electron chi connectivity index (χ4n) is 1.96. The molecule has 0 spiro atoms. The molecule has 1 heterocycles. The average Bonchev–Trinajstić information content (AvgIpc) is 2.99. The van der Waals surface area contributed by atoms with Gasteiger partial charge in [-0.25, -0.2) is 9.37 Å². The van der Waals surface area contributed by atoms with Gasteiger partial charge in [0.15, 0.2) is 5.96 Å². The highest BCUT2D eigenvalue weighted by Gasteiger charge is 1.99. The number of nitrogens with one attached hydrogen (secondary N) is 2. The number of benzene rings is 1. The van der Waals surface area contributed by atoms with Crippen molar-refractivity contribution in [1.29, 1.82) is 0 Å². The smallest absolute Gasteiger partial charge is 0.191 e. The number of aliphatic imine (C=N–C) groups is 1. The maximum Gasteiger partial charge on any atom is 0.191 e. The number of aromatic nitrogens is 2. The fraction of sp³-hybridized carbons (Fsp3) is 0.333. The second kappa shape index (κ2) is 8.04. The first-order valence-corrected chi connectivity index (χ1v) is 6.92. The Hall–Kier alpha value is -2.37. The molecule has 2 aromatic rings. The van der Waals surface area contributed by atoms with Crippen molar-refractivity contribution in [1.82, 2.24) is 20.2 Å². The Morgan fingerprint density at radius 2 is 2.19 bits per heavy atom. The van der Waals surface area contributed by atoms with Gasteiger partial charge in [0.25, 0.3) is 0 Å². The summed E-state index contributed by atoms with van der Waals surface area (Å²) < 4.78 is 15.0. The van der Waals surface area contributed by atoms with Crippen LogP contribution < -0.4 is 10.6 Å². The standard InChI is InChI=1S/C15H20FN5/c1-17-15(20-8-10-21-9-7-18-12-21)19-6-5-13-3-2-4-14(16)11-13/h2-4,7,9,11-12H,5-6,8,10H2,1H3,(H2,17,19,20). The van der Waals surface area contributed by atoms with Crippen LogP contribution in [0.5, 0.6) is 0 Å². The summed E-state index contributed by atoms with van der Waals surface area (Å²) in [6, 6.07) is 6.65. The highest BCUT2D eigenvalue weighted by Crippen LogP contribution is 2.03. The van der Waals surface area contributed by atoms with Gasteiger partial charge < -0.3 is 15.2 Å². The van der Waals surface area contributed by atoms with Gasteiger partial charge in [0.05, 0.1) is 6.33 Å². The Labute approximate surface area is 123 Å². The Morgan fingerprint density at radius 1 is 1.33 bits per heavy atom.